The summed E-state index contributed by atoms with van der Waals surface area (Å²) < 4.78 is 10.7. The average molecular weight is 315 g/mol. The first kappa shape index (κ1) is 15.7. The number of fused-ring (bicyclic) bond motifs is 1. The molecule has 0 saturated carbocycles. The number of rotatable bonds is 7. The Morgan fingerprint density at radius 3 is 3.13 bits per heavy atom. The number of aromatic nitrogens is 2. The maximum Gasteiger partial charge on any atom is 0.222 e. The monoisotopic (exact) mass is 315 g/mol. The van der Waals surface area contributed by atoms with Crippen molar-refractivity contribution >= 4 is 11.7 Å². The van der Waals surface area contributed by atoms with Crippen molar-refractivity contribution in [2.75, 3.05) is 25.1 Å². The number of nitrogens with one attached hydrogen (secondary N) is 1. The SMILES string of the molecule is CCOCCCNc1ncc2c(n1)C[C@@H](c1ccco1)CC2=O. The quantitative estimate of drug-likeness (QED) is 0.792. The Labute approximate surface area is 135 Å². The third-order valence-corrected chi connectivity index (χ3v) is 3.94. The number of anilines is 1. The van der Waals surface area contributed by atoms with Crippen molar-refractivity contribution in [3.05, 3.63) is 41.6 Å². The number of furan rings is 1. The van der Waals surface area contributed by atoms with Crippen molar-refractivity contribution in [3.63, 3.8) is 0 Å². The molecule has 0 unspecified atom stereocenters. The Morgan fingerprint density at radius 1 is 1.43 bits per heavy atom. The fourth-order valence-electron chi connectivity index (χ4n) is 2.77. The van der Waals surface area contributed by atoms with Crippen LogP contribution in [0.3, 0.4) is 0 Å². The number of hydrogen-bond acceptors (Lipinski definition) is 6. The van der Waals surface area contributed by atoms with Crippen LogP contribution >= 0.6 is 0 Å². The van der Waals surface area contributed by atoms with Gasteiger partial charge in [-0.3, -0.25) is 4.79 Å². The molecule has 122 valence electrons. The van der Waals surface area contributed by atoms with E-state index in [0.29, 0.717) is 31.0 Å². The predicted octanol–water partition coefficient (Wildman–Crippen LogP) is 2.82. The van der Waals surface area contributed by atoms with Crippen LogP contribution in [0.5, 0.6) is 0 Å². The van der Waals surface area contributed by atoms with Crippen molar-refractivity contribution in [3.8, 4) is 0 Å². The van der Waals surface area contributed by atoms with Crippen molar-refractivity contribution in [1.29, 1.82) is 0 Å². The molecule has 0 spiro atoms. The number of carbonyl (C=O) groups excluding carboxylic acids is 1. The third kappa shape index (κ3) is 3.76. The molecule has 1 N–H and O–H groups in total. The van der Waals surface area contributed by atoms with Crippen molar-refractivity contribution in [2.45, 2.75) is 32.1 Å². The summed E-state index contributed by atoms with van der Waals surface area (Å²) in [5.41, 5.74) is 1.43. The Balaban J connectivity index is 1.66. The normalized spacial score (nSPS) is 17.1. The van der Waals surface area contributed by atoms with Gasteiger partial charge in [-0.2, -0.15) is 0 Å². The van der Waals surface area contributed by atoms with Crippen LogP contribution in [0.2, 0.25) is 0 Å². The average Bonchev–Trinajstić information content (AvgIpc) is 3.09. The fraction of sp³-hybridized carbons (Fsp3) is 0.471. The van der Waals surface area contributed by atoms with Gasteiger partial charge < -0.3 is 14.5 Å². The maximum absolute atomic E-state index is 12.3. The topological polar surface area (TPSA) is 77.2 Å². The molecule has 0 saturated heterocycles. The van der Waals surface area contributed by atoms with Crippen molar-refractivity contribution < 1.29 is 13.9 Å². The van der Waals surface area contributed by atoms with E-state index in [1.165, 1.54) is 0 Å². The molecule has 0 radical (unpaired) electrons. The number of nitrogens with zero attached hydrogens (tertiary/aromatic N) is 2. The summed E-state index contributed by atoms with van der Waals surface area (Å²) in [5, 5.41) is 3.18. The van der Waals surface area contributed by atoms with Crippen LogP contribution in [0.4, 0.5) is 5.95 Å². The summed E-state index contributed by atoms with van der Waals surface area (Å²) in [7, 11) is 0. The third-order valence-electron chi connectivity index (χ3n) is 3.94. The van der Waals surface area contributed by atoms with E-state index in [0.717, 1.165) is 31.0 Å². The minimum absolute atomic E-state index is 0.0608. The number of carbonyl (C=O) groups is 1. The lowest BCUT2D eigenvalue weighted by Gasteiger charge is -2.21. The molecule has 0 fully saturated rings. The van der Waals surface area contributed by atoms with Crippen LogP contribution in [0.15, 0.2) is 29.0 Å². The predicted molar refractivity (Wildman–Crippen MR) is 85.7 cm³/mol. The molecule has 6 nitrogen and oxygen atoms in total. The van der Waals surface area contributed by atoms with Crippen LogP contribution in [0.1, 0.15) is 47.5 Å². The Bertz CT molecular complexity index is 655. The molecule has 3 rings (SSSR count). The van der Waals surface area contributed by atoms with Crippen LogP contribution in [0.25, 0.3) is 0 Å². The molecule has 2 aromatic rings. The van der Waals surface area contributed by atoms with Gasteiger partial charge in [-0.15, -0.1) is 0 Å². The van der Waals surface area contributed by atoms with E-state index in [-0.39, 0.29) is 11.7 Å². The van der Waals surface area contributed by atoms with Crippen LogP contribution in [0, 0.1) is 0 Å². The van der Waals surface area contributed by atoms with Crippen molar-refractivity contribution in [1.82, 2.24) is 9.97 Å². The summed E-state index contributed by atoms with van der Waals surface area (Å²) in [6.45, 7) is 4.17. The molecule has 0 aliphatic heterocycles. The molecule has 2 heterocycles. The van der Waals surface area contributed by atoms with Gasteiger partial charge >= 0.3 is 0 Å². The molecular formula is C17H21N3O3. The molecule has 0 amide bonds. The molecule has 2 aromatic heterocycles. The summed E-state index contributed by atoms with van der Waals surface area (Å²) >= 11 is 0. The fourth-order valence-corrected chi connectivity index (χ4v) is 2.77. The van der Waals surface area contributed by atoms with Gasteiger partial charge in [0.1, 0.15) is 5.76 Å². The zero-order valence-electron chi connectivity index (χ0n) is 13.2. The smallest absolute Gasteiger partial charge is 0.222 e. The van der Waals surface area contributed by atoms with Crippen LogP contribution in [-0.2, 0) is 11.2 Å². The zero-order chi connectivity index (χ0) is 16.1. The van der Waals surface area contributed by atoms with Gasteiger partial charge in [-0.1, -0.05) is 0 Å². The molecule has 1 aliphatic rings. The number of ketones is 1. The molecule has 0 aromatic carbocycles. The largest absolute Gasteiger partial charge is 0.469 e. The first-order valence-electron chi connectivity index (χ1n) is 8.02. The summed E-state index contributed by atoms with van der Waals surface area (Å²) in [6, 6.07) is 3.76. The van der Waals surface area contributed by atoms with Gasteiger partial charge in [0.05, 0.1) is 17.5 Å². The highest BCUT2D eigenvalue weighted by Gasteiger charge is 2.29. The van der Waals surface area contributed by atoms with Gasteiger partial charge in [0.15, 0.2) is 5.78 Å². The van der Waals surface area contributed by atoms with E-state index in [2.05, 4.69) is 15.3 Å². The van der Waals surface area contributed by atoms with E-state index in [1.54, 1.807) is 12.5 Å². The molecule has 6 heteroatoms. The number of hydrogen-bond donors (Lipinski definition) is 1. The van der Waals surface area contributed by atoms with Gasteiger partial charge in [0, 0.05) is 44.7 Å². The Morgan fingerprint density at radius 2 is 2.35 bits per heavy atom. The first-order chi connectivity index (χ1) is 11.3. The molecule has 23 heavy (non-hydrogen) atoms. The number of ether oxygens (including phenoxy) is 1. The highest BCUT2D eigenvalue weighted by atomic mass is 16.5. The van der Waals surface area contributed by atoms with E-state index in [4.69, 9.17) is 9.15 Å². The highest BCUT2D eigenvalue weighted by Crippen LogP contribution is 2.32. The van der Waals surface area contributed by atoms with E-state index < -0.39 is 0 Å². The highest BCUT2D eigenvalue weighted by molar-refractivity contribution is 5.98. The minimum atomic E-state index is 0.0608. The Hall–Kier alpha value is -2.21. The Kier molecular flexibility index (Phi) is 5.02. The molecule has 0 bridgehead atoms. The van der Waals surface area contributed by atoms with Crippen LogP contribution < -0.4 is 5.32 Å². The second-order valence-electron chi connectivity index (χ2n) is 5.57. The summed E-state index contributed by atoms with van der Waals surface area (Å²) in [4.78, 5) is 21.0. The first-order valence-corrected chi connectivity index (χ1v) is 8.02. The maximum atomic E-state index is 12.3. The van der Waals surface area contributed by atoms with E-state index >= 15 is 0 Å². The second kappa shape index (κ2) is 7.37. The van der Waals surface area contributed by atoms with E-state index in [1.807, 2.05) is 19.1 Å². The van der Waals surface area contributed by atoms with Crippen molar-refractivity contribution in [2.24, 2.45) is 0 Å². The van der Waals surface area contributed by atoms with Gasteiger partial charge in [0.2, 0.25) is 5.95 Å². The lowest BCUT2D eigenvalue weighted by molar-refractivity contribution is 0.0958. The van der Waals surface area contributed by atoms with Gasteiger partial charge in [-0.25, -0.2) is 9.97 Å². The lowest BCUT2D eigenvalue weighted by atomic mass is 9.85. The minimum Gasteiger partial charge on any atom is -0.469 e. The standard InChI is InChI=1S/C17H21N3O3/c1-2-22-7-4-6-18-17-19-11-13-14(20-17)9-12(10-15(13)21)16-5-3-8-23-16/h3,5,8,11-12H,2,4,6-7,9-10H2,1H3,(H,18,19,20)/t12-/m1/s1. The van der Waals surface area contributed by atoms with Crippen LogP contribution in [-0.4, -0.2) is 35.5 Å². The van der Waals surface area contributed by atoms with E-state index in [9.17, 15) is 4.79 Å². The lowest BCUT2D eigenvalue weighted by Crippen LogP contribution is -2.21. The zero-order valence-corrected chi connectivity index (χ0v) is 13.2. The van der Waals surface area contributed by atoms with Gasteiger partial charge in [-0.05, 0) is 25.5 Å². The molecule has 1 atom stereocenters. The van der Waals surface area contributed by atoms with Gasteiger partial charge in [0.25, 0.3) is 0 Å². The summed E-state index contributed by atoms with van der Waals surface area (Å²) in [5.74, 6) is 1.54. The molecule has 1 aliphatic carbocycles. The number of Topliss-reactive ketones (excluding diaryl/α,β-unsaturated/α-hetero) is 1. The summed E-state index contributed by atoms with van der Waals surface area (Å²) in [6.07, 6.45) is 5.31. The second-order valence-corrected chi connectivity index (χ2v) is 5.57. The molecular weight excluding hydrogens is 294 g/mol.